The molecule has 2 aromatic rings. The third-order valence-electron chi connectivity index (χ3n) is 4.79. The monoisotopic (exact) mass is 387 g/mol. The number of thiazole rings is 1. The first-order chi connectivity index (χ1) is 12.7. The topological polar surface area (TPSA) is 71.0 Å². The second kappa shape index (κ2) is 7.92. The smallest absolute Gasteiger partial charge is 0.223 e. The number of rotatable bonds is 4. The molecule has 1 aliphatic rings. The number of nitrogens with zero attached hydrogens (tertiary/aromatic N) is 4. The molecule has 0 atom stereocenters. The molecular weight excluding hydrogens is 358 g/mol. The molecule has 0 saturated carbocycles. The highest BCUT2D eigenvalue weighted by atomic mass is 32.1. The molecule has 0 bridgehead atoms. The van der Waals surface area contributed by atoms with E-state index in [9.17, 15) is 4.79 Å². The van der Waals surface area contributed by atoms with Gasteiger partial charge in [0.2, 0.25) is 5.91 Å². The molecule has 1 amide bonds. The van der Waals surface area contributed by atoms with Gasteiger partial charge in [0.05, 0.1) is 9.88 Å². The number of nitrogens with one attached hydrogen (secondary N) is 1. The Bertz CT molecular complexity index is 803. The third kappa shape index (κ3) is 5.03. The van der Waals surface area contributed by atoms with E-state index in [0.717, 1.165) is 53.2 Å². The first-order valence-corrected chi connectivity index (χ1v) is 10.3. The quantitative estimate of drug-likeness (QED) is 0.855. The minimum Gasteiger partial charge on any atom is -0.373 e. The van der Waals surface area contributed by atoms with Crippen molar-refractivity contribution in [3.8, 4) is 10.7 Å². The lowest BCUT2D eigenvalue weighted by atomic mass is 9.89. The molecule has 1 aliphatic heterocycles. The summed E-state index contributed by atoms with van der Waals surface area (Å²) in [7, 11) is 1.88. The van der Waals surface area contributed by atoms with Crippen LogP contribution in [0.25, 0.3) is 10.7 Å². The maximum absolute atomic E-state index is 12.5. The molecule has 1 N–H and O–H groups in total. The van der Waals surface area contributed by atoms with Crippen LogP contribution in [0.3, 0.4) is 0 Å². The van der Waals surface area contributed by atoms with Crippen LogP contribution in [0, 0.1) is 12.3 Å². The number of carbonyl (C=O) groups excluding carboxylic acids is 1. The van der Waals surface area contributed by atoms with Gasteiger partial charge in [-0.1, -0.05) is 20.8 Å². The lowest BCUT2D eigenvalue weighted by molar-refractivity contribution is -0.134. The number of amides is 1. The van der Waals surface area contributed by atoms with Gasteiger partial charge in [0.25, 0.3) is 0 Å². The summed E-state index contributed by atoms with van der Waals surface area (Å²) in [6, 6.07) is 2.04. The number of anilines is 1. The minimum atomic E-state index is 0.0318. The number of piperidine rings is 1. The Morgan fingerprint density at radius 2 is 2.00 bits per heavy atom. The van der Waals surface area contributed by atoms with Crippen molar-refractivity contribution in [2.45, 2.75) is 52.9 Å². The second-order valence-corrected chi connectivity index (χ2v) is 9.62. The number of hydrogen-bond donors (Lipinski definition) is 1. The maximum Gasteiger partial charge on any atom is 0.223 e. The van der Waals surface area contributed by atoms with E-state index in [0.29, 0.717) is 12.3 Å². The van der Waals surface area contributed by atoms with E-state index < -0.39 is 0 Å². The van der Waals surface area contributed by atoms with Crippen molar-refractivity contribution in [3.63, 3.8) is 0 Å². The van der Waals surface area contributed by atoms with Crippen LogP contribution in [-0.4, -0.2) is 45.9 Å². The summed E-state index contributed by atoms with van der Waals surface area (Å²) in [4.78, 5) is 29.2. The summed E-state index contributed by atoms with van der Waals surface area (Å²) in [5.74, 6) is 2.17. The van der Waals surface area contributed by atoms with Crippen LogP contribution in [0.2, 0.25) is 0 Å². The van der Waals surface area contributed by atoms with E-state index >= 15 is 0 Å². The largest absolute Gasteiger partial charge is 0.373 e. The third-order valence-corrected chi connectivity index (χ3v) is 5.70. The lowest BCUT2D eigenvalue weighted by Gasteiger charge is -2.33. The fraction of sp³-hybridized carbons (Fsp3) is 0.600. The van der Waals surface area contributed by atoms with Crippen molar-refractivity contribution in [1.29, 1.82) is 0 Å². The highest BCUT2D eigenvalue weighted by Crippen LogP contribution is 2.32. The van der Waals surface area contributed by atoms with Crippen molar-refractivity contribution in [1.82, 2.24) is 19.9 Å². The van der Waals surface area contributed by atoms with Crippen molar-refractivity contribution in [3.05, 3.63) is 23.0 Å². The molecule has 1 saturated heterocycles. The van der Waals surface area contributed by atoms with Gasteiger partial charge in [0.1, 0.15) is 5.82 Å². The van der Waals surface area contributed by atoms with Crippen molar-refractivity contribution in [2.75, 3.05) is 25.5 Å². The summed E-state index contributed by atoms with van der Waals surface area (Å²) in [6.07, 6.45) is 4.32. The summed E-state index contributed by atoms with van der Waals surface area (Å²) in [5, 5.41) is 4.15. The van der Waals surface area contributed by atoms with Crippen LogP contribution in [0.4, 0.5) is 5.82 Å². The van der Waals surface area contributed by atoms with Gasteiger partial charge in [-0.3, -0.25) is 4.79 Å². The molecule has 0 aromatic carbocycles. The molecule has 27 heavy (non-hydrogen) atoms. The summed E-state index contributed by atoms with van der Waals surface area (Å²) < 4.78 is 0. The molecule has 146 valence electrons. The average Bonchev–Trinajstić information content (AvgIpc) is 3.06. The molecule has 7 heteroatoms. The highest BCUT2D eigenvalue weighted by molar-refractivity contribution is 7.14. The van der Waals surface area contributed by atoms with Crippen LogP contribution >= 0.6 is 11.3 Å². The molecular formula is C20H29N5OS. The van der Waals surface area contributed by atoms with Crippen LogP contribution in [0.5, 0.6) is 0 Å². The molecule has 2 aromatic heterocycles. The zero-order valence-corrected chi connectivity index (χ0v) is 17.7. The number of carbonyl (C=O) groups is 1. The molecule has 3 heterocycles. The predicted molar refractivity (Wildman–Crippen MR) is 110 cm³/mol. The molecule has 1 fully saturated rings. The van der Waals surface area contributed by atoms with Gasteiger partial charge in [0.15, 0.2) is 5.82 Å². The van der Waals surface area contributed by atoms with Crippen molar-refractivity contribution in [2.24, 2.45) is 5.41 Å². The molecule has 0 radical (unpaired) electrons. The molecule has 6 nitrogen and oxygen atoms in total. The van der Waals surface area contributed by atoms with Crippen molar-refractivity contribution < 1.29 is 4.79 Å². The zero-order chi connectivity index (χ0) is 19.6. The van der Waals surface area contributed by atoms with Crippen molar-refractivity contribution >= 4 is 23.1 Å². The van der Waals surface area contributed by atoms with Crippen LogP contribution in [0.1, 0.15) is 56.7 Å². The van der Waals surface area contributed by atoms with Gasteiger partial charge in [-0.05, 0) is 25.2 Å². The number of aromatic nitrogens is 3. The second-order valence-electron chi connectivity index (χ2n) is 8.39. The lowest BCUT2D eigenvalue weighted by Crippen LogP contribution is -2.39. The van der Waals surface area contributed by atoms with E-state index in [4.69, 9.17) is 4.98 Å². The Morgan fingerprint density at radius 1 is 1.30 bits per heavy atom. The molecule has 0 spiro atoms. The van der Waals surface area contributed by atoms with E-state index in [1.807, 2.05) is 31.1 Å². The van der Waals surface area contributed by atoms with E-state index in [1.54, 1.807) is 11.3 Å². The summed E-state index contributed by atoms with van der Waals surface area (Å²) in [6.45, 7) is 9.92. The van der Waals surface area contributed by atoms with Gasteiger partial charge >= 0.3 is 0 Å². The fourth-order valence-electron chi connectivity index (χ4n) is 3.37. The van der Waals surface area contributed by atoms with Gasteiger partial charge in [-0.2, -0.15) is 0 Å². The minimum absolute atomic E-state index is 0.0318. The molecule has 3 rings (SSSR count). The standard InChI is InChI=1S/C20H29N5OS/c1-13-22-12-16(27-13)19-23-15(10-17(21-5)24-19)14-6-8-25(9-7-14)18(26)11-20(2,3)4/h10,12,14H,6-9,11H2,1-5H3,(H,21,23,24). The van der Waals surface area contributed by atoms with Crippen LogP contribution in [0.15, 0.2) is 12.3 Å². The number of hydrogen-bond acceptors (Lipinski definition) is 6. The van der Waals surface area contributed by atoms with E-state index in [2.05, 4.69) is 36.1 Å². The Morgan fingerprint density at radius 3 is 2.56 bits per heavy atom. The van der Waals surface area contributed by atoms with Gasteiger partial charge in [0, 0.05) is 50.4 Å². The van der Waals surface area contributed by atoms with Crippen LogP contribution in [-0.2, 0) is 4.79 Å². The predicted octanol–water partition coefficient (Wildman–Crippen LogP) is 4.09. The van der Waals surface area contributed by atoms with Gasteiger partial charge < -0.3 is 10.2 Å². The summed E-state index contributed by atoms with van der Waals surface area (Å²) in [5.41, 5.74) is 1.09. The normalized spacial score (nSPS) is 15.8. The van der Waals surface area contributed by atoms with Gasteiger partial charge in [-0.25, -0.2) is 15.0 Å². The van der Waals surface area contributed by atoms with Gasteiger partial charge in [-0.15, -0.1) is 11.3 Å². The zero-order valence-electron chi connectivity index (χ0n) is 16.9. The van der Waals surface area contributed by atoms with E-state index in [1.165, 1.54) is 0 Å². The first-order valence-electron chi connectivity index (χ1n) is 9.52. The highest BCUT2D eigenvalue weighted by Gasteiger charge is 2.27. The van der Waals surface area contributed by atoms with E-state index in [-0.39, 0.29) is 11.3 Å². The Kier molecular flexibility index (Phi) is 5.79. The number of aryl methyl sites for hydroxylation is 1. The van der Waals surface area contributed by atoms with Crippen LogP contribution < -0.4 is 5.32 Å². The maximum atomic E-state index is 12.5. The summed E-state index contributed by atoms with van der Waals surface area (Å²) >= 11 is 1.61. The SMILES string of the molecule is CNc1cc(C2CCN(C(=O)CC(C)(C)C)CC2)nc(-c2cnc(C)s2)n1. The Labute approximate surface area is 165 Å². The molecule has 0 unspecified atom stereocenters. The molecule has 0 aliphatic carbocycles. The fourth-order valence-corrected chi connectivity index (χ4v) is 4.08. The number of likely N-dealkylation sites (tertiary alicyclic amines) is 1. The first kappa shape index (κ1) is 19.7. The average molecular weight is 388 g/mol. The Balaban J connectivity index is 1.73. The Hall–Kier alpha value is -2.02.